The molecule has 1 aliphatic heterocycles. The first kappa shape index (κ1) is 38.4. The summed E-state index contributed by atoms with van der Waals surface area (Å²) < 4.78 is 20.8. The van der Waals surface area contributed by atoms with Gasteiger partial charge in [-0.05, 0) is 6.07 Å². The van der Waals surface area contributed by atoms with Gasteiger partial charge in [0.15, 0.2) is 30.6 Å². The first-order valence-electron chi connectivity index (χ1n) is 11.9. The topological polar surface area (TPSA) is 382 Å². The Bertz CT molecular complexity index is 1100. The van der Waals surface area contributed by atoms with E-state index in [1.807, 2.05) is 0 Å². The van der Waals surface area contributed by atoms with Crippen LogP contribution >= 0.6 is 7.82 Å². The fourth-order valence-electron chi connectivity index (χ4n) is 2.93. The van der Waals surface area contributed by atoms with Crippen molar-refractivity contribution in [3.8, 4) is 0 Å². The van der Waals surface area contributed by atoms with E-state index in [1.165, 1.54) is 22.9 Å². The number of rotatable bonds is 13. The molecule has 1 saturated heterocycles. The summed E-state index contributed by atoms with van der Waals surface area (Å²) in [7, 11) is -5.24. The quantitative estimate of drug-likeness (QED) is 0.0743. The van der Waals surface area contributed by atoms with Crippen LogP contribution in [0.3, 0.4) is 0 Å². The normalized spacial score (nSPS) is 21.0. The zero-order chi connectivity index (χ0) is 32.8. The lowest BCUT2D eigenvalue weighted by atomic mass is 10.1. The van der Waals surface area contributed by atoms with Crippen molar-refractivity contribution >= 4 is 37.5 Å². The number of quaternary nitrogens is 2. The number of phosphoric acid groups is 1. The molecule has 238 valence electrons. The van der Waals surface area contributed by atoms with Gasteiger partial charge in [-0.1, -0.05) is 0 Å². The van der Waals surface area contributed by atoms with Gasteiger partial charge in [0.2, 0.25) is 11.8 Å². The summed E-state index contributed by atoms with van der Waals surface area (Å²) in [6.07, 6.45) is -2.36. The van der Waals surface area contributed by atoms with Crippen LogP contribution in [0.15, 0.2) is 24.5 Å². The number of aromatic carboxylic acids is 1. The number of hydrogen-bond donors (Lipinski definition) is 8. The molecular weight excluding hydrogens is 593 g/mol. The second-order valence-corrected chi connectivity index (χ2v) is 9.85. The monoisotopic (exact) mass is 627 g/mol. The number of phosphoric ester groups is 1. The zero-order valence-electron chi connectivity index (χ0n) is 22.1. The molecule has 21 heteroatoms. The summed E-state index contributed by atoms with van der Waals surface area (Å²) in [5.41, 5.74) is 16.0. The van der Waals surface area contributed by atoms with E-state index in [0.717, 1.165) is 6.20 Å². The van der Waals surface area contributed by atoms with E-state index >= 15 is 0 Å². The SMILES string of the molecule is NC(=O)CC[C@H]([NH3+])C(=O)O.NC(=O)CC[C@H]([NH3+])C(=O)O.O=C([O-])c1ccc[n+]([C@@H]2O[C@H](COP(=O)([O-])[O-])[C@@H](O)[C@H]2O)c1. The molecule has 2 heterocycles. The van der Waals surface area contributed by atoms with Crippen LogP contribution in [0, 0.1) is 0 Å². The molecule has 42 heavy (non-hydrogen) atoms. The first-order valence-corrected chi connectivity index (χ1v) is 13.3. The summed E-state index contributed by atoms with van der Waals surface area (Å²) in [5.74, 6) is -4.42. The van der Waals surface area contributed by atoms with Crippen molar-refractivity contribution < 1.29 is 89.2 Å². The van der Waals surface area contributed by atoms with Crippen molar-refractivity contribution in [2.24, 2.45) is 11.5 Å². The molecule has 1 fully saturated rings. The van der Waals surface area contributed by atoms with Gasteiger partial charge < -0.3 is 76.9 Å². The fourth-order valence-corrected chi connectivity index (χ4v) is 3.26. The van der Waals surface area contributed by atoms with E-state index in [9.17, 15) is 53.6 Å². The van der Waals surface area contributed by atoms with Crippen molar-refractivity contribution in [2.75, 3.05) is 6.61 Å². The van der Waals surface area contributed by atoms with Crippen LogP contribution in [0.5, 0.6) is 0 Å². The zero-order valence-corrected chi connectivity index (χ0v) is 22.9. The Hall–Kier alpha value is -3.59. The molecule has 0 saturated carbocycles. The Morgan fingerprint density at radius 1 is 1.00 bits per heavy atom. The van der Waals surface area contributed by atoms with Gasteiger partial charge >= 0.3 is 11.9 Å². The van der Waals surface area contributed by atoms with Gasteiger partial charge in [-0.2, -0.15) is 4.57 Å². The van der Waals surface area contributed by atoms with Gasteiger partial charge in [0, 0.05) is 31.7 Å². The number of aliphatic hydroxyl groups excluding tert-OH is 2. The number of aliphatic hydroxyl groups is 2. The maximum Gasteiger partial charge on any atom is 0.362 e. The second-order valence-electron chi connectivity index (χ2n) is 8.70. The van der Waals surface area contributed by atoms with Crippen molar-refractivity contribution in [2.45, 2.75) is 62.3 Å². The molecule has 0 aromatic carbocycles. The minimum atomic E-state index is -5.24. The minimum absolute atomic E-state index is 0.0838. The van der Waals surface area contributed by atoms with E-state index in [-0.39, 0.29) is 31.2 Å². The van der Waals surface area contributed by atoms with Gasteiger partial charge in [-0.25, -0.2) is 9.59 Å². The minimum Gasteiger partial charge on any atom is -0.790 e. The number of hydrogen-bond acceptors (Lipinski definition) is 13. The Labute approximate surface area is 237 Å². The largest absolute Gasteiger partial charge is 0.790 e. The maximum absolute atomic E-state index is 10.8. The van der Waals surface area contributed by atoms with E-state index < -0.39 is 80.8 Å². The van der Waals surface area contributed by atoms with E-state index in [2.05, 4.69) is 16.0 Å². The average Bonchev–Trinajstić information content (AvgIpc) is 3.18. The molecule has 1 aromatic rings. The highest BCUT2D eigenvalue weighted by Crippen LogP contribution is 2.30. The number of carbonyl (C=O) groups is 5. The van der Waals surface area contributed by atoms with Crippen LogP contribution in [0.4, 0.5) is 0 Å². The molecule has 0 aliphatic carbocycles. The number of primary amides is 2. The van der Waals surface area contributed by atoms with Crippen molar-refractivity contribution in [3.05, 3.63) is 30.1 Å². The first-order chi connectivity index (χ1) is 19.3. The lowest BCUT2D eigenvalue weighted by Crippen LogP contribution is -2.65. The fraction of sp³-hybridized carbons (Fsp3) is 0.524. The molecule has 20 nitrogen and oxygen atoms in total. The number of carbonyl (C=O) groups excluding carboxylic acids is 3. The predicted molar refractivity (Wildman–Crippen MR) is 126 cm³/mol. The lowest BCUT2D eigenvalue weighted by molar-refractivity contribution is -0.765. The number of aromatic nitrogens is 1. The highest BCUT2D eigenvalue weighted by molar-refractivity contribution is 7.43. The van der Waals surface area contributed by atoms with Gasteiger partial charge in [0.05, 0.1) is 26.0 Å². The summed E-state index contributed by atoms with van der Waals surface area (Å²) in [4.78, 5) is 72.1. The number of carboxylic acids is 3. The van der Waals surface area contributed by atoms with Gasteiger partial charge in [0.25, 0.3) is 6.23 Å². The Balaban J connectivity index is 0.000000702. The molecular formula is C21H34N5O15P. The number of pyridine rings is 1. The smallest absolute Gasteiger partial charge is 0.362 e. The molecule has 0 bridgehead atoms. The van der Waals surface area contributed by atoms with Gasteiger partial charge in [-0.15, -0.1) is 0 Å². The molecule has 2 amide bonds. The van der Waals surface area contributed by atoms with Gasteiger partial charge in [0.1, 0.15) is 12.2 Å². The Morgan fingerprint density at radius 2 is 1.48 bits per heavy atom. The molecule has 0 unspecified atom stereocenters. The number of nitrogens with two attached hydrogens (primary N) is 2. The summed E-state index contributed by atoms with van der Waals surface area (Å²) in [6, 6.07) is 1.16. The molecule has 14 N–H and O–H groups in total. The number of carboxylic acid groups (broad SMARTS) is 3. The lowest BCUT2D eigenvalue weighted by Gasteiger charge is -2.30. The third-order valence-electron chi connectivity index (χ3n) is 5.26. The summed E-state index contributed by atoms with van der Waals surface area (Å²) >= 11 is 0. The van der Waals surface area contributed by atoms with Crippen LogP contribution < -0.4 is 42.4 Å². The Kier molecular flexibility index (Phi) is 16.5. The summed E-state index contributed by atoms with van der Waals surface area (Å²) in [5, 5.41) is 47.0. The van der Waals surface area contributed by atoms with Crippen molar-refractivity contribution in [3.63, 3.8) is 0 Å². The van der Waals surface area contributed by atoms with E-state index in [0.29, 0.717) is 0 Å². The van der Waals surface area contributed by atoms with Crippen molar-refractivity contribution in [1.29, 1.82) is 0 Å². The number of amides is 2. The molecule has 2 rings (SSSR count). The van der Waals surface area contributed by atoms with Crippen molar-refractivity contribution in [1.82, 2.24) is 0 Å². The van der Waals surface area contributed by atoms with Crippen LogP contribution in [-0.2, 0) is 33.0 Å². The molecule has 6 atom stereocenters. The van der Waals surface area contributed by atoms with E-state index in [1.54, 1.807) is 0 Å². The average molecular weight is 627 g/mol. The van der Waals surface area contributed by atoms with Gasteiger partial charge in [-0.3, -0.25) is 9.59 Å². The highest BCUT2D eigenvalue weighted by Gasteiger charge is 2.48. The number of nitrogens with zero attached hydrogens (tertiary/aromatic N) is 1. The third kappa shape index (κ3) is 15.4. The number of ether oxygens (including phenoxy) is 1. The molecule has 0 radical (unpaired) electrons. The standard InChI is InChI=1S/C11H14NO9P.2C5H10N2O3/c13-8-7(5-20-22(17,18)19)21-10(9(8)14)12-3-1-2-6(4-12)11(15)16;2*6-3(5(9)10)1-2-4(7)8/h1-4,7-10,13-14H,5H2,(H2-,15,16,17,18,19);2*3H,1-2,6H2,(H2,7,8)(H,9,10)/t7-,8-,9-,10-;2*3-/m100/s1. The second kappa shape index (κ2) is 18.1. The third-order valence-corrected chi connectivity index (χ3v) is 5.73. The van der Waals surface area contributed by atoms with Crippen LogP contribution in [-0.4, -0.2) is 87.2 Å². The number of aliphatic carboxylic acids is 2. The maximum atomic E-state index is 10.8. The predicted octanol–water partition coefficient (Wildman–Crippen LogP) is -8.30. The van der Waals surface area contributed by atoms with Crippen LogP contribution in [0.1, 0.15) is 42.3 Å². The summed E-state index contributed by atoms with van der Waals surface area (Å²) in [6.45, 7) is -0.764. The van der Waals surface area contributed by atoms with Crippen LogP contribution in [0.2, 0.25) is 0 Å². The molecule has 1 aliphatic rings. The Morgan fingerprint density at radius 3 is 1.86 bits per heavy atom. The highest BCUT2D eigenvalue weighted by atomic mass is 31.2. The molecule has 1 aromatic heterocycles. The molecule has 0 spiro atoms. The van der Waals surface area contributed by atoms with E-state index in [4.69, 9.17) is 26.4 Å². The van der Waals surface area contributed by atoms with Crippen LogP contribution in [0.25, 0.3) is 0 Å².